The van der Waals surface area contributed by atoms with Gasteiger partial charge in [0.1, 0.15) is 25.6 Å². The van der Waals surface area contributed by atoms with Crippen LogP contribution in [0, 0.1) is 6.92 Å². The second-order valence-corrected chi connectivity index (χ2v) is 7.92. The molecule has 1 aliphatic heterocycles. The molecule has 0 amide bonds. The summed E-state index contributed by atoms with van der Waals surface area (Å²) in [5.74, 6) is 0.116. The number of Topliss-reactive ketones (excluding diaryl/α,β-unsaturated/α-hetero) is 1. The van der Waals surface area contributed by atoms with Gasteiger partial charge in [0.05, 0.1) is 11.9 Å². The Morgan fingerprint density at radius 3 is 2.78 bits per heavy atom. The molecule has 0 fully saturated rings. The third kappa shape index (κ3) is 5.26. The summed E-state index contributed by atoms with van der Waals surface area (Å²) in [5.41, 5.74) is 4.11. The minimum Gasteiger partial charge on any atom is -0.485 e. The van der Waals surface area contributed by atoms with Crippen LogP contribution in [0.5, 0.6) is 5.75 Å². The highest BCUT2D eigenvalue weighted by atomic mass is 19.1. The van der Waals surface area contributed by atoms with Crippen molar-refractivity contribution in [2.45, 2.75) is 33.0 Å². The van der Waals surface area contributed by atoms with E-state index in [2.05, 4.69) is 10.1 Å². The van der Waals surface area contributed by atoms with Crippen molar-refractivity contribution in [1.82, 2.24) is 19.7 Å². The molecule has 0 radical (unpaired) electrons. The van der Waals surface area contributed by atoms with Crippen molar-refractivity contribution >= 4 is 5.78 Å². The minimum absolute atomic E-state index is 0.161. The maximum absolute atomic E-state index is 12.8. The zero-order valence-corrected chi connectivity index (χ0v) is 18.0. The lowest BCUT2D eigenvalue weighted by Crippen LogP contribution is -2.32. The number of carbonyl (C=O) groups excluding carboxylic acids is 1. The van der Waals surface area contributed by atoms with Crippen molar-refractivity contribution in [3.05, 3.63) is 87.1 Å². The van der Waals surface area contributed by atoms with Crippen molar-refractivity contribution in [1.29, 1.82) is 0 Å². The normalized spacial score (nSPS) is 13.6. The number of alkyl halides is 1. The largest absolute Gasteiger partial charge is 0.485 e. The number of rotatable bonds is 8. The van der Waals surface area contributed by atoms with Gasteiger partial charge in [-0.2, -0.15) is 5.10 Å². The first kappa shape index (κ1) is 21.8. The summed E-state index contributed by atoms with van der Waals surface area (Å²) in [6.07, 6.45) is 4.01. The van der Waals surface area contributed by atoms with Gasteiger partial charge in [-0.05, 0) is 42.2 Å². The lowest BCUT2D eigenvalue weighted by atomic mass is 9.96. The van der Waals surface area contributed by atoms with E-state index in [9.17, 15) is 14.0 Å². The van der Waals surface area contributed by atoms with Gasteiger partial charge in [-0.15, -0.1) is 0 Å². The van der Waals surface area contributed by atoms with Gasteiger partial charge < -0.3 is 4.74 Å². The van der Waals surface area contributed by atoms with Gasteiger partial charge in [-0.3, -0.25) is 19.5 Å². The molecule has 4 rings (SSSR count). The molecular weight excluding hydrogens is 411 g/mol. The Kier molecular flexibility index (Phi) is 6.70. The van der Waals surface area contributed by atoms with Gasteiger partial charge in [0.25, 0.3) is 5.56 Å². The van der Waals surface area contributed by atoms with Crippen LogP contribution in [0.1, 0.15) is 32.7 Å². The van der Waals surface area contributed by atoms with Crippen LogP contribution in [-0.2, 0) is 26.1 Å². The van der Waals surface area contributed by atoms with Crippen molar-refractivity contribution < 1.29 is 13.9 Å². The number of hydrogen-bond acceptors (Lipinski definition) is 6. The number of aromatic nitrogens is 3. The smallest absolute Gasteiger partial charge is 0.270 e. The second kappa shape index (κ2) is 9.82. The molecule has 8 heteroatoms. The topological polar surface area (TPSA) is 77.3 Å². The quantitative estimate of drug-likeness (QED) is 0.506. The number of aryl methyl sites for hydroxylation is 1. The fraction of sp³-hybridized carbons (Fsp3) is 0.333. The number of hydrogen-bond donors (Lipinski definition) is 0. The molecule has 166 valence electrons. The highest BCUT2D eigenvalue weighted by molar-refractivity contribution is 5.96. The van der Waals surface area contributed by atoms with Crippen molar-refractivity contribution in [2.24, 2.45) is 0 Å². The summed E-state index contributed by atoms with van der Waals surface area (Å²) in [7, 11) is 0. The van der Waals surface area contributed by atoms with E-state index in [0.29, 0.717) is 24.4 Å². The van der Waals surface area contributed by atoms with Crippen LogP contribution in [0.15, 0.2) is 53.6 Å². The van der Waals surface area contributed by atoms with Gasteiger partial charge in [0.2, 0.25) is 0 Å². The molecule has 0 aliphatic carbocycles. The van der Waals surface area contributed by atoms with E-state index in [0.717, 1.165) is 34.5 Å². The lowest BCUT2D eigenvalue weighted by Gasteiger charge is -2.28. The molecule has 0 N–H and O–H groups in total. The van der Waals surface area contributed by atoms with E-state index in [4.69, 9.17) is 4.74 Å². The molecule has 3 aromatic rings. The van der Waals surface area contributed by atoms with E-state index in [1.165, 1.54) is 17.8 Å². The van der Waals surface area contributed by atoms with Gasteiger partial charge in [0, 0.05) is 37.5 Å². The summed E-state index contributed by atoms with van der Waals surface area (Å²) in [6, 6.07) is 10.7. The van der Waals surface area contributed by atoms with Gasteiger partial charge in [0.15, 0.2) is 5.78 Å². The molecule has 32 heavy (non-hydrogen) atoms. The van der Waals surface area contributed by atoms with E-state index in [1.54, 1.807) is 12.3 Å². The van der Waals surface area contributed by atoms with Crippen LogP contribution >= 0.6 is 0 Å². The molecule has 3 heterocycles. The zero-order valence-electron chi connectivity index (χ0n) is 18.0. The molecule has 1 aromatic carbocycles. The van der Waals surface area contributed by atoms with Crippen molar-refractivity contribution in [3.63, 3.8) is 0 Å². The third-order valence-corrected chi connectivity index (χ3v) is 5.52. The Morgan fingerprint density at radius 1 is 1.16 bits per heavy atom. The average Bonchev–Trinajstić information content (AvgIpc) is 2.80. The number of ether oxygens (including phenoxy) is 1. The molecule has 0 spiro atoms. The Hall–Kier alpha value is -3.39. The molecule has 2 aromatic heterocycles. The standard InChI is InChI=1S/C24H25FN4O3/c1-17-2-5-21(26-12-17)16-32-22-11-24(31)29(27-13-22)15-23(30)19-4-3-18-6-8-28(9-7-25)14-20(18)10-19/h2-5,10-13H,6-9,14-16H2,1H3. The molecule has 0 saturated heterocycles. The number of ketones is 1. The molecule has 0 bridgehead atoms. The minimum atomic E-state index is -0.417. The Bertz CT molecular complexity index is 1160. The first-order valence-electron chi connectivity index (χ1n) is 10.6. The number of carbonyl (C=O) groups is 1. The monoisotopic (exact) mass is 436 g/mol. The maximum atomic E-state index is 12.8. The predicted molar refractivity (Wildman–Crippen MR) is 118 cm³/mol. The van der Waals surface area contributed by atoms with Crippen molar-refractivity contribution in [2.75, 3.05) is 19.8 Å². The number of fused-ring (bicyclic) bond motifs is 1. The Labute approximate surface area is 185 Å². The first-order chi connectivity index (χ1) is 15.5. The van der Waals surface area contributed by atoms with Crippen LogP contribution in [-0.4, -0.2) is 45.2 Å². The maximum Gasteiger partial charge on any atom is 0.270 e. The summed E-state index contributed by atoms with van der Waals surface area (Å²) in [5, 5.41) is 4.08. The van der Waals surface area contributed by atoms with Crippen molar-refractivity contribution in [3.8, 4) is 5.75 Å². The SMILES string of the molecule is Cc1ccc(COc2cnn(CC(=O)c3ccc4c(c3)CN(CCF)CC4)c(=O)c2)nc1. The summed E-state index contributed by atoms with van der Waals surface area (Å²) >= 11 is 0. The lowest BCUT2D eigenvalue weighted by molar-refractivity contribution is 0.0965. The predicted octanol–water partition coefficient (Wildman–Crippen LogP) is 2.74. The summed E-state index contributed by atoms with van der Waals surface area (Å²) in [4.78, 5) is 31.5. The first-order valence-corrected chi connectivity index (χ1v) is 10.6. The number of benzene rings is 1. The summed E-state index contributed by atoms with van der Waals surface area (Å²) < 4.78 is 19.4. The molecule has 7 nitrogen and oxygen atoms in total. The molecule has 0 unspecified atom stereocenters. The Morgan fingerprint density at radius 2 is 2.03 bits per heavy atom. The number of pyridine rings is 1. The Balaban J connectivity index is 1.40. The average molecular weight is 436 g/mol. The summed E-state index contributed by atoms with van der Waals surface area (Å²) in [6.45, 7) is 3.46. The number of nitrogens with zero attached hydrogens (tertiary/aromatic N) is 4. The van der Waals surface area contributed by atoms with Crippen LogP contribution < -0.4 is 10.3 Å². The van der Waals surface area contributed by atoms with E-state index >= 15 is 0 Å². The molecule has 0 saturated carbocycles. The second-order valence-electron chi connectivity index (χ2n) is 7.92. The highest BCUT2D eigenvalue weighted by Gasteiger charge is 2.18. The van der Waals surface area contributed by atoms with E-state index in [-0.39, 0.29) is 25.6 Å². The number of halogens is 1. The van der Waals surface area contributed by atoms with E-state index < -0.39 is 5.56 Å². The zero-order chi connectivity index (χ0) is 22.5. The van der Waals surface area contributed by atoms with Gasteiger partial charge >= 0.3 is 0 Å². The van der Waals surface area contributed by atoms with E-state index in [1.807, 2.05) is 36.1 Å². The fourth-order valence-electron chi connectivity index (χ4n) is 3.68. The molecule has 0 atom stereocenters. The van der Waals surface area contributed by atoms with Gasteiger partial charge in [-0.1, -0.05) is 18.2 Å². The molecule has 1 aliphatic rings. The highest BCUT2D eigenvalue weighted by Crippen LogP contribution is 2.21. The fourth-order valence-corrected chi connectivity index (χ4v) is 3.68. The van der Waals surface area contributed by atoms with Crippen LogP contribution in [0.25, 0.3) is 0 Å². The van der Waals surface area contributed by atoms with Gasteiger partial charge in [-0.25, -0.2) is 9.07 Å². The van der Waals surface area contributed by atoms with Crippen LogP contribution in [0.2, 0.25) is 0 Å². The van der Waals surface area contributed by atoms with Crippen LogP contribution in [0.4, 0.5) is 4.39 Å². The van der Waals surface area contributed by atoms with Crippen LogP contribution in [0.3, 0.4) is 0 Å². The molecular formula is C24H25FN4O3. The third-order valence-electron chi connectivity index (χ3n) is 5.52.